The predicted molar refractivity (Wildman–Crippen MR) is 50.4 cm³/mol. The molecule has 1 aliphatic rings. The Kier molecular flexibility index (Phi) is 4.18. The van der Waals surface area contributed by atoms with Crippen molar-refractivity contribution in [1.29, 1.82) is 0 Å². The van der Waals surface area contributed by atoms with Crippen LogP contribution in [0.2, 0.25) is 0 Å². The van der Waals surface area contributed by atoms with Gasteiger partial charge in [0.05, 0.1) is 12.6 Å². The van der Waals surface area contributed by atoms with Crippen LogP contribution in [0.25, 0.3) is 0 Å². The van der Waals surface area contributed by atoms with Crippen LogP contribution in [0.5, 0.6) is 0 Å². The van der Waals surface area contributed by atoms with E-state index in [0.29, 0.717) is 6.54 Å². The molecule has 2 N–H and O–H groups in total. The summed E-state index contributed by atoms with van der Waals surface area (Å²) in [5.41, 5.74) is 0. The Hall–Kier alpha value is -0.610. The van der Waals surface area contributed by atoms with Crippen molar-refractivity contribution in [2.45, 2.75) is 25.8 Å². The fraction of sp³-hybridized carbons (Fsp3) is 0.889. The van der Waals surface area contributed by atoms with Crippen molar-refractivity contribution in [1.82, 2.24) is 10.2 Å². The highest BCUT2D eigenvalue weighted by Crippen LogP contribution is 2.10. The lowest BCUT2D eigenvalue weighted by Crippen LogP contribution is -2.39. The van der Waals surface area contributed by atoms with E-state index in [0.717, 1.165) is 25.9 Å². The van der Waals surface area contributed by atoms with Crippen LogP contribution >= 0.6 is 0 Å². The Morgan fingerprint density at radius 3 is 3.08 bits per heavy atom. The van der Waals surface area contributed by atoms with E-state index >= 15 is 0 Å². The van der Waals surface area contributed by atoms with Crippen molar-refractivity contribution in [2.75, 3.05) is 26.2 Å². The van der Waals surface area contributed by atoms with Gasteiger partial charge in [0.25, 0.3) is 0 Å². The van der Waals surface area contributed by atoms with Crippen molar-refractivity contribution < 1.29 is 9.90 Å². The van der Waals surface area contributed by atoms with Gasteiger partial charge in [0, 0.05) is 13.1 Å². The fourth-order valence-electron chi connectivity index (χ4n) is 1.59. The molecule has 1 heterocycles. The summed E-state index contributed by atoms with van der Waals surface area (Å²) < 4.78 is 0. The van der Waals surface area contributed by atoms with Gasteiger partial charge in [-0.05, 0) is 19.4 Å². The Labute approximate surface area is 78.9 Å². The molecule has 1 saturated heterocycles. The largest absolute Gasteiger partial charge is 0.395 e. The minimum Gasteiger partial charge on any atom is -0.395 e. The molecule has 0 spiro atoms. The third kappa shape index (κ3) is 2.67. The summed E-state index contributed by atoms with van der Waals surface area (Å²) >= 11 is 0. The molecule has 0 bridgehead atoms. The molecule has 1 atom stereocenters. The first-order valence-corrected chi connectivity index (χ1v) is 4.92. The zero-order valence-corrected chi connectivity index (χ0v) is 8.12. The van der Waals surface area contributed by atoms with E-state index in [2.05, 4.69) is 12.2 Å². The van der Waals surface area contributed by atoms with E-state index in [1.165, 1.54) is 0 Å². The van der Waals surface area contributed by atoms with Crippen LogP contribution in [0.15, 0.2) is 0 Å². The summed E-state index contributed by atoms with van der Waals surface area (Å²) in [6.45, 7) is 4.29. The zero-order chi connectivity index (χ0) is 9.68. The van der Waals surface area contributed by atoms with Crippen LogP contribution < -0.4 is 5.32 Å². The molecular formula is C9H18N2O2. The molecule has 1 aliphatic heterocycles. The van der Waals surface area contributed by atoms with Gasteiger partial charge in [-0.15, -0.1) is 0 Å². The maximum absolute atomic E-state index is 11.6. The van der Waals surface area contributed by atoms with Crippen LogP contribution in [-0.4, -0.2) is 48.2 Å². The van der Waals surface area contributed by atoms with E-state index in [-0.39, 0.29) is 18.6 Å². The first-order valence-electron chi connectivity index (χ1n) is 4.92. The van der Waals surface area contributed by atoms with Crippen molar-refractivity contribution in [2.24, 2.45) is 0 Å². The molecule has 0 aromatic rings. The molecule has 0 radical (unpaired) electrons. The van der Waals surface area contributed by atoms with Gasteiger partial charge in [-0.2, -0.15) is 0 Å². The van der Waals surface area contributed by atoms with Gasteiger partial charge >= 0.3 is 0 Å². The van der Waals surface area contributed by atoms with Crippen LogP contribution in [0.4, 0.5) is 0 Å². The first-order chi connectivity index (χ1) is 6.29. The van der Waals surface area contributed by atoms with E-state index in [1.54, 1.807) is 4.90 Å². The molecule has 1 rings (SSSR count). The average molecular weight is 186 g/mol. The van der Waals surface area contributed by atoms with Gasteiger partial charge in [0.15, 0.2) is 0 Å². The van der Waals surface area contributed by atoms with Crippen molar-refractivity contribution in [3.63, 3.8) is 0 Å². The van der Waals surface area contributed by atoms with Crippen molar-refractivity contribution in [3.05, 3.63) is 0 Å². The Balaban J connectivity index is 2.32. The quantitative estimate of drug-likeness (QED) is 0.613. The number of carbonyl (C=O) groups is 1. The van der Waals surface area contributed by atoms with Gasteiger partial charge in [-0.1, -0.05) is 6.92 Å². The van der Waals surface area contributed by atoms with Crippen molar-refractivity contribution in [3.8, 4) is 0 Å². The number of nitrogens with zero attached hydrogens (tertiary/aromatic N) is 1. The molecule has 4 nitrogen and oxygen atoms in total. The van der Waals surface area contributed by atoms with Crippen LogP contribution in [0.3, 0.4) is 0 Å². The van der Waals surface area contributed by atoms with E-state index in [1.807, 2.05) is 0 Å². The molecule has 0 aliphatic carbocycles. The van der Waals surface area contributed by atoms with Gasteiger partial charge in [-0.25, -0.2) is 0 Å². The average Bonchev–Trinajstić information content (AvgIpc) is 2.46. The third-order valence-electron chi connectivity index (χ3n) is 2.31. The molecule has 0 aromatic carbocycles. The number of rotatable bonds is 5. The first kappa shape index (κ1) is 10.5. The summed E-state index contributed by atoms with van der Waals surface area (Å²) in [5.74, 6) is 0.141. The molecule has 1 unspecified atom stereocenters. The molecule has 1 fully saturated rings. The SMILES string of the molecule is CCCNC1CCN(CCO)C1=O. The number of β-amino-alcohol motifs (C(OH)–C–C–N with tert-alkyl or cyclic N) is 1. The topological polar surface area (TPSA) is 52.6 Å². The maximum atomic E-state index is 11.6. The summed E-state index contributed by atoms with van der Waals surface area (Å²) in [4.78, 5) is 13.3. The summed E-state index contributed by atoms with van der Waals surface area (Å²) in [5, 5.41) is 11.9. The zero-order valence-electron chi connectivity index (χ0n) is 8.12. The second-order valence-corrected chi connectivity index (χ2v) is 3.34. The van der Waals surface area contributed by atoms with Crippen molar-refractivity contribution >= 4 is 5.91 Å². The Morgan fingerprint density at radius 2 is 2.46 bits per heavy atom. The molecule has 0 saturated carbocycles. The number of nitrogens with one attached hydrogen (secondary N) is 1. The van der Waals surface area contributed by atoms with Crippen LogP contribution in [-0.2, 0) is 4.79 Å². The van der Waals surface area contributed by atoms with Crippen LogP contribution in [0.1, 0.15) is 19.8 Å². The number of hydrogen-bond donors (Lipinski definition) is 2. The molecule has 0 aromatic heterocycles. The second-order valence-electron chi connectivity index (χ2n) is 3.34. The summed E-state index contributed by atoms with van der Waals surface area (Å²) in [6, 6.07) is -0.00787. The number of likely N-dealkylation sites (tertiary alicyclic amines) is 1. The molecule has 76 valence electrons. The Morgan fingerprint density at radius 1 is 1.69 bits per heavy atom. The van der Waals surface area contributed by atoms with Gasteiger partial charge < -0.3 is 15.3 Å². The molecule has 1 amide bonds. The van der Waals surface area contributed by atoms with E-state index in [9.17, 15) is 4.79 Å². The van der Waals surface area contributed by atoms with Gasteiger partial charge in [0.1, 0.15) is 0 Å². The maximum Gasteiger partial charge on any atom is 0.239 e. The van der Waals surface area contributed by atoms with Gasteiger partial charge in [-0.3, -0.25) is 4.79 Å². The normalized spacial score (nSPS) is 22.8. The smallest absolute Gasteiger partial charge is 0.239 e. The Bertz CT molecular complexity index is 173. The number of amides is 1. The highest BCUT2D eigenvalue weighted by molar-refractivity contribution is 5.83. The number of aliphatic hydroxyl groups excluding tert-OH is 1. The summed E-state index contributed by atoms with van der Waals surface area (Å²) in [7, 11) is 0. The number of hydrogen-bond acceptors (Lipinski definition) is 3. The van der Waals surface area contributed by atoms with Crippen LogP contribution in [0, 0.1) is 0 Å². The minimum absolute atomic E-state index is 0.00787. The standard InChI is InChI=1S/C9H18N2O2/c1-2-4-10-8-3-5-11(6-7-12)9(8)13/h8,10,12H,2-7H2,1H3. The number of aliphatic hydroxyl groups is 1. The second kappa shape index (κ2) is 5.19. The van der Waals surface area contributed by atoms with E-state index in [4.69, 9.17) is 5.11 Å². The lowest BCUT2D eigenvalue weighted by atomic mass is 10.2. The summed E-state index contributed by atoms with van der Waals surface area (Å²) in [6.07, 6.45) is 1.92. The fourth-order valence-corrected chi connectivity index (χ4v) is 1.59. The highest BCUT2D eigenvalue weighted by Gasteiger charge is 2.29. The van der Waals surface area contributed by atoms with E-state index < -0.39 is 0 Å². The number of carbonyl (C=O) groups excluding carboxylic acids is 1. The lowest BCUT2D eigenvalue weighted by Gasteiger charge is -2.15. The predicted octanol–water partition coefficient (Wildman–Crippen LogP) is -0.421. The molecular weight excluding hydrogens is 168 g/mol. The third-order valence-corrected chi connectivity index (χ3v) is 2.31. The monoisotopic (exact) mass is 186 g/mol. The lowest BCUT2D eigenvalue weighted by molar-refractivity contribution is -0.129. The molecule has 13 heavy (non-hydrogen) atoms. The van der Waals surface area contributed by atoms with Gasteiger partial charge in [0.2, 0.25) is 5.91 Å². The minimum atomic E-state index is -0.00787. The molecule has 4 heteroatoms. The highest BCUT2D eigenvalue weighted by atomic mass is 16.3.